The molecule has 7 heteroatoms. The Labute approximate surface area is 116 Å². The van der Waals surface area contributed by atoms with E-state index in [1.807, 2.05) is 11.4 Å². The van der Waals surface area contributed by atoms with Gasteiger partial charge in [0.1, 0.15) is 0 Å². The molecule has 3 N–H and O–H groups in total. The second-order valence-electron chi connectivity index (χ2n) is 3.88. The number of amides is 2. The summed E-state index contributed by atoms with van der Waals surface area (Å²) in [6.45, 7) is 2.45. The minimum Gasteiger partial charge on any atom is -0.354 e. The minimum atomic E-state index is -0.0837. The van der Waals surface area contributed by atoms with Gasteiger partial charge in [0.25, 0.3) is 5.91 Å². The minimum absolute atomic E-state index is 0. The zero-order valence-electron chi connectivity index (χ0n) is 9.77. The van der Waals surface area contributed by atoms with Crippen molar-refractivity contribution in [1.29, 1.82) is 0 Å². The highest BCUT2D eigenvalue weighted by Gasteiger charge is 2.24. The van der Waals surface area contributed by atoms with Crippen LogP contribution >= 0.6 is 23.7 Å². The molecule has 0 unspecified atom stereocenters. The molecule has 0 bridgehead atoms. The van der Waals surface area contributed by atoms with Crippen LogP contribution in [0.4, 0.5) is 0 Å². The third-order valence-electron chi connectivity index (χ3n) is 2.61. The van der Waals surface area contributed by atoms with Gasteiger partial charge in [-0.05, 0) is 11.4 Å². The summed E-state index contributed by atoms with van der Waals surface area (Å²) >= 11 is 1.41. The SMILES string of the molecule is Cl.O=C(NCCNC(=O)C1CNC1)c1cccs1. The smallest absolute Gasteiger partial charge is 0.261 e. The molecule has 18 heavy (non-hydrogen) atoms. The molecule has 2 rings (SSSR count). The second-order valence-corrected chi connectivity index (χ2v) is 4.83. The van der Waals surface area contributed by atoms with E-state index in [1.165, 1.54) is 11.3 Å². The maximum atomic E-state index is 11.5. The molecule has 0 saturated carbocycles. The van der Waals surface area contributed by atoms with Gasteiger partial charge in [0.05, 0.1) is 10.8 Å². The lowest BCUT2D eigenvalue weighted by Crippen LogP contribution is -2.51. The number of carbonyl (C=O) groups excluding carboxylic acids is 2. The predicted molar refractivity (Wildman–Crippen MR) is 73.3 cm³/mol. The number of hydrogen-bond donors (Lipinski definition) is 3. The summed E-state index contributed by atoms with van der Waals surface area (Å²) in [4.78, 5) is 23.7. The Balaban J connectivity index is 0.00000162. The molecule has 1 aliphatic rings. The molecule has 0 aromatic carbocycles. The van der Waals surface area contributed by atoms with Gasteiger partial charge in [0.15, 0.2) is 0 Å². The van der Waals surface area contributed by atoms with Crippen LogP contribution in [0.1, 0.15) is 9.67 Å². The summed E-state index contributed by atoms with van der Waals surface area (Å²) in [5, 5.41) is 10.5. The van der Waals surface area contributed by atoms with E-state index in [1.54, 1.807) is 6.07 Å². The lowest BCUT2D eigenvalue weighted by Gasteiger charge is -2.25. The van der Waals surface area contributed by atoms with Gasteiger partial charge in [-0.15, -0.1) is 23.7 Å². The van der Waals surface area contributed by atoms with Gasteiger partial charge < -0.3 is 16.0 Å². The van der Waals surface area contributed by atoms with Crippen LogP contribution in [0.3, 0.4) is 0 Å². The van der Waals surface area contributed by atoms with Gasteiger partial charge in [0.2, 0.25) is 5.91 Å². The van der Waals surface area contributed by atoms with Crippen LogP contribution in [0.5, 0.6) is 0 Å². The van der Waals surface area contributed by atoms with Crippen LogP contribution < -0.4 is 16.0 Å². The predicted octanol–water partition coefficient (Wildman–Crippen LogP) is 0.235. The van der Waals surface area contributed by atoms with Crippen molar-refractivity contribution in [2.75, 3.05) is 26.2 Å². The van der Waals surface area contributed by atoms with Gasteiger partial charge in [-0.3, -0.25) is 9.59 Å². The molecule has 1 fully saturated rings. The largest absolute Gasteiger partial charge is 0.354 e. The quantitative estimate of drug-likeness (QED) is 0.680. The lowest BCUT2D eigenvalue weighted by molar-refractivity contribution is -0.126. The van der Waals surface area contributed by atoms with Crippen molar-refractivity contribution < 1.29 is 9.59 Å². The van der Waals surface area contributed by atoms with E-state index in [4.69, 9.17) is 0 Å². The molecule has 0 radical (unpaired) electrons. The Morgan fingerprint density at radius 1 is 1.33 bits per heavy atom. The molecule has 2 heterocycles. The van der Waals surface area contributed by atoms with Crippen molar-refractivity contribution in [3.05, 3.63) is 22.4 Å². The molecule has 1 aromatic rings. The van der Waals surface area contributed by atoms with Crippen LogP contribution in [-0.4, -0.2) is 38.0 Å². The monoisotopic (exact) mass is 289 g/mol. The van der Waals surface area contributed by atoms with Crippen LogP contribution in [0.25, 0.3) is 0 Å². The first kappa shape index (κ1) is 14.9. The van der Waals surface area contributed by atoms with Crippen LogP contribution in [0.2, 0.25) is 0 Å². The highest BCUT2D eigenvalue weighted by molar-refractivity contribution is 7.12. The number of rotatable bonds is 5. The summed E-state index contributed by atoms with van der Waals surface area (Å²) in [5.41, 5.74) is 0. The molecule has 0 atom stereocenters. The highest BCUT2D eigenvalue weighted by Crippen LogP contribution is 2.07. The molecule has 1 saturated heterocycles. The average Bonchev–Trinajstić information content (AvgIpc) is 2.74. The summed E-state index contributed by atoms with van der Waals surface area (Å²) < 4.78 is 0. The number of hydrogen-bond acceptors (Lipinski definition) is 4. The van der Waals surface area contributed by atoms with E-state index in [0.29, 0.717) is 18.0 Å². The zero-order valence-corrected chi connectivity index (χ0v) is 11.4. The Bertz CT molecular complexity index is 393. The average molecular weight is 290 g/mol. The fourth-order valence-corrected chi connectivity index (χ4v) is 2.12. The van der Waals surface area contributed by atoms with Crippen molar-refractivity contribution in [2.24, 2.45) is 5.92 Å². The Morgan fingerprint density at radius 3 is 2.61 bits per heavy atom. The maximum absolute atomic E-state index is 11.5. The fourth-order valence-electron chi connectivity index (χ4n) is 1.48. The molecule has 0 aliphatic carbocycles. The zero-order chi connectivity index (χ0) is 12.1. The molecular weight excluding hydrogens is 274 g/mol. The third kappa shape index (κ3) is 3.97. The Morgan fingerprint density at radius 2 is 2.06 bits per heavy atom. The summed E-state index contributed by atoms with van der Waals surface area (Å²) in [6.07, 6.45) is 0. The van der Waals surface area contributed by atoms with Crippen molar-refractivity contribution >= 4 is 35.6 Å². The standard InChI is InChI=1S/C11H15N3O2S.ClH/c15-10(8-6-12-7-8)13-3-4-14-11(16)9-2-1-5-17-9;/h1-2,5,8,12H,3-4,6-7H2,(H,13,15)(H,14,16);1H. The van der Waals surface area contributed by atoms with E-state index >= 15 is 0 Å². The van der Waals surface area contributed by atoms with Crippen molar-refractivity contribution in [1.82, 2.24) is 16.0 Å². The molecule has 5 nitrogen and oxygen atoms in total. The van der Waals surface area contributed by atoms with Gasteiger partial charge in [0, 0.05) is 26.2 Å². The van der Waals surface area contributed by atoms with Gasteiger partial charge in [-0.1, -0.05) is 6.07 Å². The summed E-state index contributed by atoms with van der Waals surface area (Å²) in [6, 6.07) is 3.61. The molecule has 1 aromatic heterocycles. The number of thiophene rings is 1. The topological polar surface area (TPSA) is 70.2 Å². The van der Waals surface area contributed by atoms with E-state index in [0.717, 1.165) is 13.1 Å². The van der Waals surface area contributed by atoms with Crippen molar-refractivity contribution in [3.63, 3.8) is 0 Å². The van der Waals surface area contributed by atoms with Gasteiger partial charge >= 0.3 is 0 Å². The van der Waals surface area contributed by atoms with E-state index < -0.39 is 0 Å². The fraction of sp³-hybridized carbons (Fsp3) is 0.455. The molecule has 0 spiro atoms. The van der Waals surface area contributed by atoms with Crippen LogP contribution in [0, 0.1) is 5.92 Å². The Kier molecular flexibility index (Phi) is 6.11. The first-order valence-corrected chi connectivity index (χ1v) is 6.45. The third-order valence-corrected chi connectivity index (χ3v) is 3.48. The van der Waals surface area contributed by atoms with Gasteiger partial charge in [-0.25, -0.2) is 0 Å². The van der Waals surface area contributed by atoms with E-state index in [-0.39, 0.29) is 30.1 Å². The van der Waals surface area contributed by atoms with Crippen molar-refractivity contribution in [2.45, 2.75) is 0 Å². The number of carbonyl (C=O) groups is 2. The van der Waals surface area contributed by atoms with Crippen LogP contribution in [-0.2, 0) is 4.79 Å². The number of halogens is 1. The van der Waals surface area contributed by atoms with E-state index in [2.05, 4.69) is 16.0 Å². The second kappa shape index (κ2) is 7.35. The molecule has 2 amide bonds. The van der Waals surface area contributed by atoms with Crippen LogP contribution in [0.15, 0.2) is 17.5 Å². The highest BCUT2D eigenvalue weighted by atomic mass is 35.5. The maximum Gasteiger partial charge on any atom is 0.261 e. The molecule has 1 aliphatic heterocycles. The summed E-state index contributed by atoms with van der Waals surface area (Å²) in [5.74, 6) is 0.0803. The number of nitrogens with one attached hydrogen (secondary N) is 3. The lowest BCUT2D eigenvalue weighted by atomic mass is 10.0. The first-order valence-electron chi connectivity index (χ1n) is 5.57. The first-order chi connectivity index (χ1) is 8.27. The van der Waals surface area contributed by atoms with Gasteiger partial charge in [-0.2, -0.15) is 0 Å². The van der Waals surface area contributed by atoms with E-state index in [9.17, 15) is 9.59 Å². The van der Waals surface area contributed by atoms with Crippen molar-refractivity contribution in [3.8, 4) is 0 Å². The Hall–Kier alpha value is -1.11. The molecular formula is C11H16ClN3O2S. The summed E-state index contributed by atoms with van der Waals surface area (Å²) in [7, 11) is 0. The molecule has 100 valence electrons. The normalized spacial score (nSPS) is 14.2.